The maximum atomic E-state index is 12.6. The Morgan fingerprint density at radius 2 is 1.78 bits per heavy atom. The quantitative estimate of drug-likeness (QED) is 0.786. The molecule has 1 aliphatic heterocycles. The number of para-hydroxylation sites is 2. The summed E-state index contributed by atoms with van der Waals surface area (Å²) in [5, 5.41) is 0. The van der Waals surface area contributed by atoms with Gasteiger partial charge in [-0.15, -0.1) is 0 Å². The topological polar surface area (TPSA) is 58.1 Å². The molecule has 116 valence electrons. The van der Waals surface area contributed by atoms with Gasteiger partial charge in [-0.2, -0.15) is 0 Å². The van der Waals surface area contributed by atoms with Crippen molar-refractivity contribution in [1.29, 1.82) is 0 Å². The SMILES string of the molecule is O=C(Cn1c(=O)[nH]c2ccccc21)N1CCc2ccccc2C1. The molecule has 0 atom stereocenters. The number of nitrogens with one attached hydrogen (secondary N) is 1. The number of aromatic amines is 1. The van der Waals surface area contributed by atoms with Crippen LogP contribution >= 0.6 is 0 Å². The monoisotopic (exact) mass is 307 g/mol. The van der Waals surface area contributed by atoms with Gasteiger partial charge in [0.25, 0.3) is 0 Å². The third-order valence-electron chi connectivity index (χ3n) is 4.46. The highest BCUT2D eigenvalue weighted by molar-refractivity contribution is 5.80. The lowest BCUT2D eigenvalue weighted by Gasteiger charge is -2.29. The Bertz CT molecular complexity index is 939. The number of carbonyl (C=O) groups excluding carboxylic acids is 1. The summed E-state index contributed by atoms with van der Waals surface area (Å²) in [5.41, 5.74) is 3.79. The first-order chi connectivity index (χ1) is 11.2. The van der Waals surface area contributed by atoms with Gasteiger partial charge in [-0.25, -0.2) is 4.79 Å². The van der Waals surface area contributed by atoms with Gasteiger partial charge in [0.05, 0.1) is 11.0 Å². The molecule has 0 fully saturated rings. The normalized spacial score (nSPS) is 14.0. The number of hydrogen-bond acceptors (Lipinski definition) is 2. The molecule has 1 N–H and O–H groups in total. The fraction of sp³-hybridized carbons (Fsp3) is 0.222. The molecule has 5 heteroatoms. The van der Waals surface area contributed by atoms with Crippen molar-refractivity contribution in [3.8, 4) is 0 Å². The van der Waals surface area contributed by atoms with Crippen LogP contribution in [-0.2, 0) is 24.3 Å². The van der Waals surface area contributed by atoms with Gasteiger partial charge in [-0.1, -0.05) is 36.4 Å². The minimum atomic E-state index is -0.239. The van der Waals surface area contributed by atoms with Crippen molar-refractivity contribution in [3.05, 3.63) is 70.1 Å². The van der Waals surface area contributed by atoms with E-state index in [1.165, 1.54) is 15.7 Å². The lowest BCUT2D eigenvalue weighted by molar-refractivity contribution is -0.132. The van der Waals surface area contributed by atoms with Gasteiger partial charge >= 0.3 is 5.69 Å². The van der Waals surface area contributed by atoms with Crippen LogP contribution in [0.3, 0.4) is 0 Å². The number of carbonyl (C=O) groups is 1. The van der Waals surface area contributed by atoms with Crippen molar-refractivity contribution in [1.82, 2.24) is 14.5 Å². The number of imidazole rings is 1. The summed E-state index contributed by atoms with van der Waals surface area (Å²) in [6.07, 6.45) is 0.866. The molecule has 23 heavy (non-hydrogen) atoms. The summed E-state index contributed by atoms with van der Waals surface area (Å²) < 4.78 is 1.51. The summed E-state index contributed by atoms with van der Waals surface area (Å²) >= 11 is 0. The molecule has 0 radical (unpaired) electrons. The highest BCUT2D eigenvalue weighted by Gasteiger charge is 2.21. The van der Waals surface area contributed by atoms with Gasteiger partial charge in [-0.3, -0.25) is 9.36 Å². The van der Waals surface area contributed by atoms with Gasteiger partial charge in [-0.05, 0) is 29.7 Å². The molecule has 5 nitrogen and oxygen atoms in total. The Labute approximate surface area is 133 Å². The molecule has 2 aromatic carbocycles. The highest BCUT2D eigenvalue weighted by atomic mass is 16.2. The fourth-order valence-corrected chi connectivity index (χ4v) is 3.21. The van der Waals surface area contributed by atoms with Crippen LogP contribution in [0.4, 0.5) is 0 Å². The van der Waals surface area contributed by atoms with Crippen molar-refractivity contribution in [2.75, 3.05) is 6.54 Å². The van der Waals surface area contributed by atoms with Crippen LogP contribution in [-0.4, -0.2) is 26.9 Å². The maximum Gasteiger partial charge on any atom is 0.326 e. The molecular formula is C18H17N3O2. The smallest absolute Gasteiger partial charge is 0.326 e. The van der Waals surface area contributed by atoms with E-state index in [4.69, 9.17) is 0 Å². The minimum absolute atomic E-state index is 0.0219. The van der Waals surface area contributed by atoms with E-state index < -0.39 is 0 Å². The molecule has 2 heterocycles. The number of amides is 1. The molecule has 0 spiro atoms. The van der Waals surface area contributed by atoms with E-state index in [9.17, 15) is 9.59 Å². The van der Waals surface area contributed by atoms with Crippen LogP contribution in [0, 0.1) is 0 Å². The second-order valence-electron chi connectivity index (χ2n) is 5.87. The zero-order chi connectivity index (χ0) is 15.8. The number of fused-ring (bicyclic) bond motifs is 2. The van der Waals surface area contributed by atoms with Gasteiger partial charge in [0, 0.05) is 13.1 Å². The van der Waals surface area contributed by atoms with Crippen molar-refractivity contribution in [3.63, 3.8) is 0 Å². The maximum absolute atomic E-state index is 12.6. The van der Waals surface area contributed by atoms with Crippen LogP contribution in [0.15, 0.2) is 53.3 Å². The molecule has 0 bridgehead atoms. The van der Waals surface area contributed by atoms with Crippen LogP contribution in [0.5, 0.6) is 0 Å². The van der Waals surface area contributed by atoms with Gasteiger partial charge in [0.15, 0.2) is 0 Å². The molecule has 1 aliphatic rings. The minimum Gasteiger partial charge on any atom is -0.336 e. The number of hydrogen-bond donors (Lipinski definition) is 1. The first-order valence-corrected chi connectivity index (χ1v) is 7.74. The largest absolute Gasteiger partial charge is 0.336 e. The highest BCUT2D eigenvalue weighted by Crippen LogP contribution is 2.19. The van der Waals surface area contributed by atoms with E-state index in [1.807, 2.05) is 41.3 Å². The second kappa shape index (κ2) is 5.43. The Balaban J connectivity index is 1.59. The number of benzene rings is 2. The van der Waals surface area contributed by atoms with Crippen LogP contribution < -0.4 is 5.69 Å². The molecule has 0 saturated heterocycles. The van der Waals surface area contributed by atoms with Crippen LogP contribution in [0.2, 0.25) is 0 Å². The standard InChI is InChI=1S/C18H17N3O2/c22-17(20-10-9-13-5-1-2-6-14(13)11-20)12-21-16-8-4-3-7-15(16)19-18(21)23/h1-8H,9-12H2,(H,19,23). The molecule has 0 aliphatic carbocycles. The average molecular weight is 307 g/mol. The van der Waals surface area contributed by atoms with E-state index in [0.717, 1.165) is 17.5 Å². The number of nitrogens with zero attached hydrogens (tertiary/aromatic N) is 2. The second-order valence-corrected chi connectivity index (χ2v) is 5.87. The van der Waals surface area contributed by atoms with Gasteiger partial charge in [0.1, 0.15) is 6.54 Å². The number of rotatable bonds is 2. The van der Waals surface area contributed by atoms with Crippen LogP contribution in [0.1, 0.15) is 11.1 Å². The summed E-state index contributed by atoms with van der Waals surface area (Å²) in [5.74, 6) is -0.0219. The van der Waals surface area contributed by atoms with Crippen molar-refractivity contribution >= 4 is 16.9 Å². The zero-order valence-electron chi connectivity index (χ0n) is 12.7. The van der Waals surface area contributed by atoms with Gasteiger partial charge in [0.2, 0.25) is 5.91 Å². The van der Waals surface area contributed by atoms with E-state index in [2.05, 4.69) is 17.1 Å². The van der Waals surface area contributed by atoms with Crippen molar-refractivity contribution < 1.29 is 4.79 Å². The van der Waals surface area contributed by atoms with E-state index in [-0.39, 0.29) is 18.1 Å². The fourth-order valence-electron chi connectivity index (χ4n) is 3.21. The third kappa shape index (κ3) is 2.44. The third-order valence-corrected chi connectivity index (χ3v) is 4.46. The summed E-state index contributed by atoms with van der Waals surface area (Å²) in [7, 11) is 0. The lowest BCUT2D eigenvalue weighted by Crippen LogP contribution is -2.39. The van der Waals surface area contributed by atoms with Crippen LogP contribution in [0.25, 0.3) is 11.0 Å². The predicted molar refractivity (Wildman–Crippen MR) is 88.1 cm³/mol. The Hall–Kier alpha value is -2.82. The molecule has 0 unspecified atom stereocenters. The predicted octanol–water partition coefficient (Wildman–Crippen LogP) is 1.91. The van der Waals surface area contributed by atoms with E-state index >= 15 is 0 Å². The van der Waals surface area contributed by atoms with Crippen molar-refractivity contribution in [2.24, 2.45) is 0 Å². The van der Waals surface area contributed by atoms with E-state index in [0.29, 0.717) is 13.1 Å². The van der Waals surface area contributed by atoms with E-state index in [1.54, 1.807) is 0 Å². The Kier molecular flexibility index (Phi) is 3.26. The molecular weight excluding hydrogens is 290 g/mol. The van der Waals surface area contributed by atoms with Crippen molar-refractivity contribution in [2.45, 2.75) is 19.5 Å². The molecule has 4 rings (SSSR count). The zero-order valence-corrected chi connectivity index (χ0v) is 12.7. The first-order valence-electron chi connectivity index (χ1n) is 7.74. The Morgan fingerprint density at radius 1 is 1.04 bits per heavy atom. The molecule has 1 amide bonds. The number of H-pyrrole nitrogens is 1. The molecule has 0 saturated carbocycles. The first kappa shape index (κ1) is 13.8. The van der Waals surface area contributed by atoms with Gasteiger partial charge < -0.3 is 9.88 Å². The summed E-state index contributed by atoms with van der Waals surface area (Å²) in [4.78, 5) is 29.3. The summed E-state index contributed by atoms with van der Waals surface area (Å²) in [6, 6.07) is 15.6. The molecule has 3 aromatic rings. The Morgan fingerprint density at radius 3 is 2.65 bits per heavy atom. The summed E-state index contributed by atoms with van der Waals surface area (Å²) in [6.45, 7) is 1.39. The molecule has 1 aromatic heterocycles. The lowest BCUT2D eigenvalue weighted by atomic mass is 10.00. The number of aromatic nitrogens is 2. The average Bonchev–Trinajstić information content (AvgIpc) is 2.90.